The van der Waals surface area contributed by atoms with Crippen LogP contribution < -0.4 is 5.36 Å². The minimum Gasteiger partial charge on any atom is -0.341 e. The summed E-state index contributed by atoms with van der Waals surface area (Å²) in [6.45, 7) is 1.11. The van der Waals surface area contributed by atoms with Gasteiger partial charge in [-0.1, -0.05) is 72.4 Å². The molecule has 6 aromatic rings. The first-order valence-corrected chi connectivity index (χ1v) is 14.3. The third-order valence-electron chi connectivity index (χ3n) is 7.66. The van der Waals surface area contributed by atoms with Crippen molar-refractivity contribution in [1.82, 2.24) is 14.5 Å². The zero-order chi connectivity index (χ0) is 27.2. The quantitative estimate of drug-likeness (QED) is 0.233. The number of carbonyl (C=O) groups excluding carboxylic acids is 1. The van der Waals surface area contributed by atoms with E-state index in [1.807, 2.05) is 41.3 Å². The van der Waals surface area contributed by atoms with Gasteiger partial charge in [0.05, 0.1) is 21.8 Å². The monoisotopic (exact) mass is 546 g/mol. The third kappa shape index (κ3) is 4.09. The summed E-state index contributed by atoms with van der Waals surface area (Å²) in [5.74, 6) is -0.284. The van der Waals surface area contributed by atoms with Crippen LogP contribution in [-0.2, 0) is 7.05 Å². The summed E-state index contributed by atoms with van der Waals surface area (Å²) in [6.07, 6.45) is 0.700. The number of hydrogen-bond donors (Lipinski definition) is 1. The van der Waals surface area contributed by atoms with E-state index in [1.165, 1.54) is 12.1 Å². The second-order valence-corrected chi connectivity index (χ2v) is 11.2. The van der Waals surface area contributed by atoms with E-state index < -0.39 is 0 Å². The number of aromatic amines is 1. The second-order valence-electron chi connectivity index (χ2n) is 10.1. The van der Waals surface area contributed by atoms with E-state index in [0.29, 0.717) is 25.1 Å². The van der Waals surface area contributed by atoms with Crippen LogP contribution in [0.4, 0.5) is 4.39 Å². The number of aryl methyl sites for hydroxylation is 1. The summed E-state index contributed by atoms with van der Waals surface area (Å²) in [6, 6.07) is 30.8. The molecule has 1 N–H and O–H groups in total. The first kappa shape index (κ1) is 24.7. The molecule has 0 aliphatic carbocycles. The summed E-state index contributed by atoms with van der Waals surface area (Å²) < 4.78 is 15.9. The Morgan fingerprint density at radius 1 is 0.900 bits per heavy atom. The maximum atomic E-state index is 13.7. The maximum Gasteiger partial charge on any atom is 0.256 e. The average Bonchev–Trinajstić information content (AvgIpc) is 3.38. The van der Waals surface area contributed by atoms with Crippen LogP contribution in [-0.4, -0.2) is 33.4 Å². The molecule has 2 aromatic heterocycles. The largest absolute Gasteiger partial charge is 0.341 e. The molecule has 1 unspecified atom stereocenters. The Morgan fingerprint density at radius 2 is 1.62 bits per heavy atom. The summed E-state index contributed by atoms with van der Waals surface area (Å²) in [5.41, 5.74) is 4.85. The van der Waals surface area contributed by atoms with Gasteiger partial charge in [0.25, 0.3) is 5.91 Å². The zero-order valence-corrected chi connectivity index (χ0v) is 22.8. The predicted octanol–water partition coefficient (Wildman–Crippen LogP) is 7.19. The van der Waals surface area contributed by atoms with Crippen LogP contribution in [0.5, 0.6) is 0 Å². The molecule has 1 aliphatic rings. The Morgan fingerprint density at radius 3 is 2.48 bits per heavy atom. The van der Waals surface area contributed by atoms with E-state index in [0.717, 1.165) is 48.7 Å². The number of aromatic nitrogens is 2. The molecule has 4 aromatic carbocycles. The topological polar surface area (TPSA) is 53.4 Å². The van der Waals surface area contributed by atoms with Crippen molar-refractivity contribution < 1.29 is 9.18 Å². The van der Waals surface area contributed by atoms with Gasteiger partial charge in [-0.3, -0.25) is 9.79 Å². The first-order chi connectivity index (χ1) is 19.6. The lowest BCUT2D eigenvalue weighted by molar-refractivity contribution is 0.0725. The number of pyridine rings is 1. The summed E-state index contributed by atoms with van der Waals surface area (Å²) >= 11 is 1.64. The van der Waals surface area contributed by atoms with Crippen LogP contribution in [0.15, 0.2) is 107 Å². The number of rotatable bonds is 5. The van der Waals surface area contributed by atoms with E-state index in [1.54, 1.807) is 23.9 Å². The fourth-order valence-electron chi connectivity index (χ4n) is 5.72. The van der Waals surface area contributed by atoms with E-state index in [2.05, 4.69) is 53.0 Å². The summed E-state index contributed by atoms with van der Waals surface area (Å²) in [5, 5.41) is 4.11. The van der Waals surface area contributed by atoms with Crippen LogP contribution in [0.25, 0.3) is 32.8 Å². The van der Waals surface area contributed by atoms with Gasteiger partial charge in [-0.2, -0.15) is 0 Å². The number of hydrogen-bond acceptors (Lipinski definition) is 3. The van der Waals surface area contributed by atoms with Gasteiger partial charge in [0.1, 0.15) is 16.8 Å². The number of halogens is 1. The van der Waals surface area contributed by atoms with Crippen molar-refractivity contribution in [2.45, 2.75) is 16.7 Å². The number of fused-ring (bicyclic) bond motifs is 5. The van der Waals surface area contributed by atoms with Crippen LogP contribution >= 0.6 is 11.8 Å². The Labute approximate surface area is 235 Å². The molecule has 1 amide bonds. The number of carbonyl (C=O) groups is 1. The molecule has 3 heterocycles. The molecule has 0 saturated carbocycles. The molecule has 0 spiro atoms. The lowest BCUT2D eigenvalue weighted by atomic mass is 10.1. The number of H-pyrrole nitrogens is 1. The number of nitrogens with one attached hydrogen (secondary N) is 1. The zero-order valence-electron chi connectivity index (χ0n) is 22.0. The van der Waals surface area contributed by atoms with Crippen LogP contribution in [0.3, 0.4) is 0 Å². The van der Waals surface area contributed by atoms with Crippen LogP contribution in [0.1, 0.15) is 27.7 Å². The molecule has 5 nitrogen and oxygen atoms in total. The van der Waals surface area contributed by atoms with Gasteiger partial charge < -0.3 is 14.5 Å². The molecular weight excluding hydrogens is 519 g/mol. The van der Waals surface area contributed by atoms with E-state index in [-0.39, 0.29) is 17.1 Å². The van der Waals surface area contributed by atoms with Gasteiger partial charge in [0, 0.05) is 41.3 Å². The van der Waals surface area contributed by atoms with E-state index >= 15 is 0 Å². The van der Waals surface area contributed by atoms with Gasteiger partial charge in [0.2, 0.25) is 0 Å². The molecule has 0 radical (unpaired) electrons. The lowest BCUT2D eigenvalue weighted by Gasteiger charge is -2.36. The Bertz CT molecular complexity index is 1980. The molecule has 0 saturated heterocycles. The van der Waals surface area contributed by atoms with Crippen molar-refractivity contribution in [3.8, 4) is 0 Å². The third-order valence-corrected chi connectivity index (χ3v) is 9.02. The first-order valence-electron chi connectivity index (χ1n) is 13.4. The average molecular weight is 547 g/mol. The highest BCUT2D eigenvalue weighted by molar-refractivity contribution is 7.99. The molecule has 7 rings (SSSR count). The van der Waals surface area contributed by atoms with Crippen molar-refractivity contribution in [2.75, 3.05) is 13.1 Å². The van der Waals surface area contributed by atoms with Crippen molar-refractivity contribution in [2.24, 2.45) is 12.0 Å². The fraction of sp³-hybridized carbons (Fsp3) is 0.152. The van der Waals surface area contributed by atoms with Crippen LogP contribution in [0.2, 0.25) is 0 Å². The fourth-order valence-corrected chi connectivity index (χ4v) is 7.02. The van der Waals surface area contributed by atoms with Crippen LogP contribution in [0, 0.1) is 5.82 Å². The number of thioether (sulfide) groups is 1. The SMILES string of the molecule is Cn1c2ccccc2c(=NCCCN2C(=O)c3ccccc3SC2c2ccc(F)cc2)c2c3ccccc3[nH]c21. The Hall–Kier alpha value is -4.36. The van der Waals surface area contributed by atoms with Crippen molar-refractivity contribution >= 4 is 50.5 Å². The van der Waals surface area contributed by atoms with Crippen molar-refractivity contribution in [1.29, 1.82) is 0 Å². The number of benzene rings is 4. The minimum atomic E-state index is -0.284. The van der Waals surface area contributed by atoms with Crippen molar-refractivity contribution in [3.05, 3.63) is 119 Å². The molecule has 40 heavy (non-hydrogen) atoms. The highest BCUT2D eigenvalue weighted by Crippen LogP contribution is 2.44. The Balaban J connectivity index is 1.26. The number of para-hydroxylation sites is 2. The van der Waals surface area contributed by atoms with Gasteiger partial charge in [-0.15, -0.1) is 0 Å². The minimum absolute atomic E-state index is 0.000111. The molecule has 0 fully saturated rings. The lowest BCUT2D eigenvalue weighted by Crippen LogP contribution is -2.37. The standard InChI is InChI=1S/C33H27FN4OS/c1-37-27-13-6-3-10-24(27)30(29-23-9-2-5-12-26(23)36-31(29)37)35-19-8-20-38-32(39)25-11-4-7-14-28(25)40-33(38)21-15-17-22(34)18-16-21/h2-7,9-18,33,36H,8,19-20H2,1H3. The van der Waals surface area contributed by atoms with Gasteiger partial charge >= 0.3 is 0 Å². The Kier molecular flexibility index (Phi) is 6.16. The van der Waals surface area contributed by atoms with Gasteiger partial charge in [0.15, 0.2) is 0 Å². The number of nitrogens with zero attached hydrogens (tertiary/aromatic N) is 3. The maximum absolute atomic E-state index is 13.7. The summed E-state index contributed by atoms with van der Waals surface area (Å²) in [4.78, 5) is 25.2. The molecule has 7 heteroatoms. The molecular formula is C33H27FN4OS. The van der Waals surface area contributed by atoms with Gasteiger partial charge in [-0.25, -0.2) is 4.39 Å². The second kappa shape index (κ2) is 9.99. The molecule has 1 aliphatic heterocycles. The van der Waals surface area contributed by atoms with Crippen molar-refractivity contribution in [3.63, 3.8) is 0 Å². The normalized spacial score (nSPS) is 15.8. The van der Waals surface area contributed by atoms with E-state index in [4.69, 9.17) is 4.99 Å². The molecule has 1 atom stereocenters. The van der Waals surface area contributed by atoms with Gasteiger partial charge in [-0.05, 0) is 48.4 Å². The number of amides is 1. The molecule has 198 valence electrons. The highest BCUT2D eigenvalue weighted by atomic mass is 32.2. The molecule has 0 bridgehead atoms. The predicted molar refractivity (Wildman–Crippen MR) is 160 cm³/mol. The smallest absolute Gasteiger partial charge is 0.256 e. The summed E-state index contributed by atoms with van der Waals surface area (Å²) in [7, 11) is 2.08. The highest BCUT2D eigenvalue weighted by Gasteiger charge is 2.33. The van der Waals surface area contributed by atoms with E-state index in [9.17, 15) is 9.18 Å².